The molecule has 0 bridgehead atoms. The first-order valence-corrected chi connectivity index (χ1v) is 6.45. The summed E-state index contributed by atoms with van der Waals surface area (Å²) in [7, 11) is 0. The first-order chi connectivity index (χ1) is 6.68. The molecule has 2 rings (SSSR count). The normalized spacial score (nSPS) is 16.4. The Balaban J connectivity index is 2.40. The van der Waals surface area contributed by atoms with Crippen molar-refractivity contribution in [2.45, 2.75) is 12.8 Å². The fourth-order valence-corrected chi connectivity index (χ4v) is 2.80. The minimum absolute atomic E-state index is 0.167. The van der Waals surface area contributed by atoms with E-state index in [1.165, 1.54) is 18.9 Å². The Morgan fingerprint density at radius 3 is 2.57 bits per heavy atom. The third-order valence-corrected chi connectivity index (χ3v) is 4.92. The molecule has 0 amide bonds. The molecule has 1 heterocycles. The zero-order valence-corrected chi connectivity index (χ0v) is 11.3. The number of benzene rings is 1. The number of rotatable bonds is 1. The second kappa shape index (κ2) is 4.35. The van der Waals surface area contributed by atoms with Crippen molar-refractivity contribution in [1.29, 1.82) is 0 Å². The minimum atomic E-state index is -0.167. The number of halogens is 3. The molecule has 1 nitrogen and oxygen atoms in total. The molecule has 0 spiro atoms. The molecule has 1 saturated heterocycles. The van der Waals surface area contributed by atoms with Gasteiger partial charge in [0.15, 0.2) is 0 Å². The van der Waals surface area contributed by atoms with E-state index in [0.717, 1.165) is 26.8 Å². The summed E-state index contributed by atoms with van der Waals surface area (Å²) in [6.45, 7) is 2.10. The number of hydrogen-bond acceptors (Lipinski definition) is 1. The van der Waals surface area contributed by atoms with E-state index in [9.17, 15) is 4.39 Å². The van der Waals surface area contributed by atoms with E-state index in [1.54, 1.807) is 6.07 Å². The van der Waals surface area contributed by atoms with Crippen LogP contribution in [0.15, 0.2) is 16.6 Å². The maximum absolute atomic E-state index is 13.2. The summed E-state index contributed by atoms with van der Waals surface area (Å²) >= 11 is 5.63. The molecule has 0 atom stereocenters. The quantitative estimate of drug-likeness (QED) is 0.537. The predicted molar refractivity (Wildman–Crippen MR) is 68.3 cm³/mol. The van der Waals surface area contributed by atoms with Crippen LogP contribution in [-0.2, 0) is 0 Å². The lowest BCUT2D eigenvalue weighted by atomic mass is 10.3. The standard InChI is InChI=1S/C10H10BrFIN/c11-8-5-7(12)6-9(10(8)13)14-3-1-2-4-14/h5-6H,1-4H2. The van der Waals surface area contributed by atoms with Gasteiger partial charge in [0.2, 0.25) is 0 Å². The van der Waals surface area contributed by atoms with Crippen LogP contribution < -0.4 is 4.90 Å². The van der Waals surface area contributed by atoms with Crippen LogP contribution in [0.25, 0.3) is 0 Å². The lowest BCUT2D eigenvalue weighted by molar-refractivity contribution is 0.626. The molecule has 1 fully saturated rings. The molecule has 4 heteroatoms. The van der Waals surface area contributed by atoms with Crippen LogP contribution in [0.3, 0.4) is 0 Å². The average molecular weight is 370 g/mol. The summed E-state index contributed by atoms with van der Waals surface area (Å²) < 4.78 is 15.2. The number of hydrogen-bond donors (Lipinski definition) is 0. The molecular formula is C10H10BrFIN. The highest BCUT2D eigenvalue weighted by Crippen LogP contribution is 2.32. The van der Waals surface area contributed by atoms with Crippen LogP contribution >= 0.6 is 38.5 Å². The molecule has 1 aliphatic heterocycles. The summed E-state index contributed by atoms with van der Waals surface area (Å²) in [5.74, 6) is -0.167. The van der Waals surface area contributed by atoms with Crippen molar-refractivity contribution in [2.75, 3.05) is 18.0 Å². The summed E-state index contributed by atoms with van der Waals surface area (Å²) in [6, 6.07) is 3.14. The molecule has 0 saturated carbocycles. The van der Waals surface area contributed by atoms with Crippen molar-refractivity contribution < 1.29 is 4.39 Å². The van der Waals surface area contributed by atoms with Crippen LogP contribution in [-0.4, -0.2) is 13.1 Å². The molecule has 0 unspecified atom stereocenters. The van der Waals surface area contributed by atoms with Crippen molar-refractivity contribution in [3.05, 3.63) is 26.0 Å². The fraction of sp³-hybridized carbons (Fsp3) is 0.400. The highest BCUT2D eigenvalue weighted by Gasteiger charge is 2.17. The molecular weight excluding hydrogens is 360 g/mol. The van der Waals surface area contributed by atoms with Gasteiger partial charge in [-0.15, -0.1) is 0 Å². The zero-order chi connectivity index (χ0) is 10.1. The third-order valence-electron chi connectivity index (χ3n) is 2.42. The van der Waals surface area contributed by atoms with Gasteiger partial charge in [0, 0.05) is 17.6 Å². The van der Waals surface area contributed by atoms with Gasteiger partial charge in [-0.1, -0.05) is 0 Å². The van der Waals surface area contributed by atoms with Crippen LogP contribution in [0.4, 0.5) is 10.1 Å². The summed E-state index contributed by atoms with van der Waals surface area (Å²) in [4.78, 5) is 2.25. The van der Waals surface area contributed by atoms with Gasteiger partial charge in [0.1, 0.15) is 5.82 Å². The Morgan fingerprint density at radius 1 is 1.29 bits per heavy atom. The topological polar surface area (TPSA) is 3.24 Å². The molecule has 76 valence electrons. The lowest BCUT2D eigenvalue weighted by Gasteiger charge is -2.19. The van der Waals surface area contributed by atoms with Crippen molar-refractivity contribution in [2.24, 2.45) is 0 Å². The second-order valence-corrected chi connectivity index (χ2v) is 5.35. The van der Waals surface area contributed by atoms with Crippen molar-refractivity contribution in [3.63, 3.8) is 0 Å². The van der Waals surface area contributed by atoms with E-state index in [4.69, 9.17) is 0 Å². The third kappa shape index (κ3) is 2.05. The van der Waals surface area contributed by atoms with Crippen LogP contribution in [0.1, 0.15) is 12.8 Å². The van der Waals surface area contributed by atoms with E-state index in [1.807, 2.05) is 0 Å². The van der Waals surface area contributed by atoms with E-state index >= 15 is 0 Å². The highest BCUT2D eigenvalue weighted by molar-refractivity contribution is 14.1. The van der Waals surface area contributed by atoms with Gasteiger partial charge in [-0.25, -0.2) is 4.39 Å². The van der Waals surface area contributed by atoms with Crippen molar-refractivity contribution in [1.82, 2.24) is 0 Å². The average Bonchev–Trinajstić information content (AvgIpc) is 2.63. The van der Waals surface area contributed by atoms with Gasteiger partial charge < -0.3 is 4.90 Å². The van der Waals surface area contributed by atoms with Gasteiger partial charge in [0.05, 0.1) is 9.26 Å². The van der Waals surface area contributed by atoms with Crippen LogP contribution in [0.2, 0.25) is 0 Å². The molecule has 1 aliphatic rings. The Labute approximate surface area is 105 Å². The van der Waals surface area contributed by atoms with Gasteiger partial charge in [0.25, 0.3) is 0 Å². The Kier molecular flexibility index (Phi) is 3.31. The van der Waals surface area contributed by atoms with E-state index in [-0.39, 0.29) is 5.82 Å². The fourth-order valence-electron chi connectivity index (χ4n) is 1.73. The monoisotopic (exact) mass is 369 g/mol. The summed E-state index contributed by atoms with van der Waals surface area (Å²) in [5.41, 5.74) is 1.02. The maximum atomic E-state index is 13.2. The van der Waals surface area contributed by atoms with E-state index < -0.39 is 0 Å². The molecule has 0 N–H and O–H groups in total. The van der Waals surface area contributed by atoms with E-state index in [0.29, 0.717) is 0 Å². The van der Waals surface area contributed by atoms with Gasteiger partial charge in [-0.3, -0.25) is 0 Å². The zero-order valence-electron chi connectivity index (χ0n) is 7.56. The van der Waals surface area contributed by atoms with Gasteiger partial charge in [-0.2, -0.15) is 0 Å². The maximum Gasteiger partial charge on any atom is 0.126 e. The summed E-state index contributed by atoms with van der Waals surface area (Å²) in [6.07, 6.45) is 2.43. The molecule has 1 aromatic carbocycles. The SMILES string of the molecule is Fc1cc(Br)c(I)c(N2CCCC2)c1. The van der Waals surface area contributed by atoms with Crippen LogP contribution in [0.5, 0.6) is 0 Å². The summed E-state index contributed by atoms with van der Waals surface area (Å²) in [5, 5.41) is 0. The molecule has 0 radical (unpaired) electrons. The van der Waals surface area contributed by atoms with Crippen LogP contribution in [0, 0.1) is 9.39 Å². The smallest absolute Gasteiger partial charge is 0.126 e. The highest BCUT2D eigenvalue weighted by atomic mass is 127. The molecule has 1 aromatic rings. The Bertz CT molecular complexity index is 350. The Morgan fingerprint density at radius 2 is 1.93 bits per heavy atom. The first-order valence-electron chi connectivity index (χ1n) is 4.58. The molecule has 0 aliphatic carbocycles. The van der Waals surface area contributed by atoms with Gasteiger partial charge >= 0.3 is 0 Å². The first kappa shape index (κ1) is 10.7. The molecule has 14 heavy (non-hydrogen) atoms. The lowest BCUT2D eigenvalue weighted by Crippen LogP contribution is -2.19. The largest absolute Gasteiger partial charge is 0.371 e. The molecule has 0 aromatic heterocycles. The minimum Gasteiger partial charge on any atom is -0.371 e. The number of nitrogens with zero attached hydrogens (tertiary/aromatic N) is 1. The second-order valence-electron chi connectivity index (χ2n) is 3.41. The Hall–Kier alpha value is 0.160. The predicted octanol–water partition coefficient (Wildman–Crippen LogP) is 3.79. The van der Waals surface area contributed by atoms with E-state index in [2.05, 4.69) is 43.4 Å². The number of anilines is 1. The van der Waals surface area contributed by atoms with Gasteiger partial charge in [-0.05, 0) is 63.5 Å². The van der Waals surface area contributed by atoms with Crippen molar-refractivity contribution >= 4 is 44.2 Å². The van der Waals surface area contributed by atoms with Crippen molar-refractivity contribution in [3.8, 4) is 0 Å².